The van der Waals surface area contributed by atoms with E-state index in [0.717, 1.165) is 37.5 Å². The largest absolute Gasteiger partial charge is 0.504 e. The van der Waals surface area contributed by atoms with Gasteiger partial charge in [0, 0.05) is 25.9 Å². The number of aromatic hydroxyl groups is 2. The first kappa shape index (κ1) is 16.3. The van der Waals surface area contributed by atoms with Crippen molar-refractivity contribution in [2.75, 3.05) is 6.54 Å². The molecule has 0 aliphatic carbocycles. The number of carbonyl (C=O) groups is 1. The van der Waals surface area contributed by atoms with Crippen LogP contribution in [-0.4, -0.2) is 37.4 Å². The molecular formula is C17H22N4O3. The Morgan fingerprint density at radius 3 is 2.88 bits per heavy atom. The third-order valence-electron chi connectivity index (χ3n) is 4.42. The number of aromatic nitrogens is 3. The van der Waals surface area contributed by atoms with Gasteiger partial charge in [-0.25, -0.2) is 0 Å². The Morgan fingerprint density at radius 1 is 1.21 bits per heavy atom. The summed E-state index contributed by atoms with van der Waals surface area (Å²) in [5.74, 6) is 0.839. The molecule has 1 amide bonds. The molecule has 2 heterocycles. The summed E-state index contributed by atoms with van der Waals surface area (Å²) in [4.78, 5) is 12.2. The summed E-state index contributed by atoms with van der Waals surface area (Å²) in [5.41, 5.74) is 0.591. The maximum Gasteiger partial charge on any atom is 0.255 e. The Bertz CT molecular complexity index is 755. The van der Waals surface area contributed by atoms with Crippen LogP contribution in [0.25, 0.3) is 0 Å². The van der Waals surface area contributed by atoms with Gasteiger partial charge >= 0.3 is 0 Å². The lowest BCUT2D eigenvalue weighted by Gasteiger charge is -2.10. The molecule has 1 aromatic heterocycles. The second kappa shape index (κ2) is 6.90. The lowest BCUT2D eigenvalue weighted by atomic mass is 10.1. The maximum atomic E-state index is 12.2. The summed E-state index contributed by atoms with van der Waals surface area (Å²) in [6.45, 7) is 2.98. The monoisotopic (exact) mass is 330 g/mol. The van der Waals surface area contributed by atoms with Crippen molar-refractivity contribution in [2.45, 2.75) is 45.6 Å². The highest BCUT2D eigenvalue weighted by molar-refractivity contribution is 5.97. The van der Waals surface area contributed by atoms with E-state index in [4.69, 9.17) is 0 Å². The number of amides is 1. The van der Waals surface area contributed by atoms with E-state index in [1.165, 1.54) is 12.5 Å². The minimum absolute atomic E-state index is 0.0678. The molecule has 7 nitrogen and oxygen atoms in total. The maximum absolute atomic E-state index is 12.2. The van der Waals surface area contributed by atoms with Crippen molar-refractivity contribution in [1.82, 2.24) is 20.1 Å². The van der Waals surface area contributed by atoms with Gasteiger partial charge in [-0.3, -0.25) is 4.79 Å². The predicted octanol–water partition coefficient (Wildman–Crippen LogP) is 1.70. The van der Waals surface area contributed by atoms with E-state index < -0.39 is 5.91 Å². The van der Waals surface area contributed by atoms with Gasteiger partial charge in [-0.05, 0) is 31.4 Å². The van der Waals surface area contributed by atoms with Gasteiger partial charge in [-0.1, -0.05) is 12.5 Å². The number of phenols is 2. The van der Waals surface area contributed by atoms with Crippen molar-refractivity contribution < 1.29 is 15.0 Å². The molecule has 128 valence electrons. The standard InChI is InChI=1S/C17H22N4O3/c1-11-6-7-12(16(23)15(11)22)17(24)18-9-8-14-20-19-13-5-3-2-4-10-21(13)14/h6-7,22-23H,2-5,8-10H2,1H3,(H,18,24). The molecule has 7 heteroatoms. The molecule has 0 bridgehead atoms. The summed E-state index contributed by atoms with van der Waals surface area (Å²) in [6.07, 6.45) is 5.01. The number of phenolic OH excluding ortho intramolecular Hbond substituents is 2. The number of nitrogens with zero attached hydrogens (tertiary/aromatic N) is 3. The van der Waals surface area contributed by atoms with E-state index in [1.807, 2.05) is 0 Å². The van der Waals surface area contributed by atoms with E-state index in [-0.39, 0.29) is 17.1 Å². The van der Waals surface area contributed by atoms with Gasteiger partial charge < -0.3 is 20.1 Å². The van der Waals surface area contributed by atoms with Crippen LogP contribution < -0.4 is 5.32 Å². The average Bonchev–Trinajstić information content (AvgIpc) is 2.80. The molecule has 2 aromatic rings. The zero-order valence-corrected chi connectivity index (χ0v) is 13.7. The summed E-state index contributed by atoms with van der Waals surface area (Å²) in [5, 5.41) is 30.8. The highest BCUT2D eigenvalue weighted by atomic mass is 16.3. The van der Waals surface area contributed by atoms with Crippen LogP contribution >= 0.6 is 0 Å². The minimum atomic E-state index is -0.418. The van der Waals surface area contributed by atoms with Crippen molar-refractivity contribution >= 4 is 5.91 Å². The summed E-state index contributed by atoms with van der Waals surface area (Å²) in [7, 11) is 0. The quantitative estimate of drug-likeness (QED) is 0.741. The number of rotatable bonds is 4. The normalized spacial score (nSPS) is 14.0. The molecule has 0 spiro atoms. The molecule has 0 saturated carbocycles. The molecule has 1 aliphatic heterocycles. The first-order chi connectivity index (χ1) is 11.6. The number of carbonyl (C=O) groups excluding carboxylic acids is 1. The van der Waals surface area contributed by atoms with Crippen LogP contribution in [0.3, 0.4) is 0 Å². The topological polar surface area (TPSA) is 100 Å². The molecule has 0 unspecified atom stereocenters. The molecule has 1 aromatic carbocycles. The van der Waals surface area contributed by atoms with Gasteiger partial charge in [0.15, 0.2) is 11.5 Å². The number of fused-ring (bicyclic) bond motifs is 1. The molecule has 0 saturated heterocycles. The van der Waals surface area contributed by atoms with Crippen molar-refractivity contribution in [3.8, 4) is 11.5 Å². The third kappa shape index (κ3) is 3.20. The predicted molar refractivity (Wildman–Crippen MR) is 88.1 cm³/mol. The van der Waals surface area contributed by atoms with E-state index in [9.17, 15) is 15.0 Å². The van der Waals surface area contributed by atoms with Crippen LogP contribution in [0.1, 0.15) is 46.8 Å². The van der Waals surface area contributed by atoms with Crippen LogP contribution in [0.15, 0.2) is 12.1 Å². The Labute approximate surface area is 140 Å². The molecule has 0 atom stereocenters. The molecule has 24 heavy (non-hydrogen) atoms. The van der Waals surface area contributed by atoms with E-state index in [1.54, 1.807) is 13.0 Å². The van der Waals surface area contributed by atoms with Gasteiger partial charge in [0.05, 0.1) is 5.56 Å². The number of hydrogen-bond acceptors (Lipinski definition) is 5. The molecule has 3 N–H and O–H groups in total. The summed E-state index contributed by atoms with van der Waals surface area (Å²) < 4.78 is 2.15. The number of benzene rings is 1. The van der Waals surface area contributed by atoms with Crippen molar-refractivity contribution in [2.24, 2.45) is 0 Å². The number of hydrogen-bond donors (Lipinski definition) is 3. The number of nitrogens with one attached hydrogen (secondary N) is 1. The number of aryl methyl sites for hydroxylation is 2. The molecular weight excluding hydrogens is 308 g/mol. The zero-order valence-electron chi connectivity index (χ0n) is 13.7. The SMILES string of the molecule is Cc1ccc(C(=O)NCCc2nnc3n2CCCCC3)c(O)c1O. The smallest absolute Gasteiger partial charge is 0.255 e. The Balaban J connectivity index is 1.62. The van der Waals surface area contributed by atoms with Gasteiger partial charge in [0.2, 0.25) is 0 Å². The molecule has 1 aliphatic rings. The Hall–Kier alpha value is -2.57. The highest BCUT2D eigenvalue weighted by Crippen LogP contribution is 2.31. The Morgan fingerprint density at radius 2 is 2.04 bits per heavy atom. The van der Waals surface area contributed by atoms with E-state index in [2.05, 4.69) is 20.1 Å². The fraction of sp³-hybridized carbons (Fsp3) is 0.471. The first-order valence-electron chi connectivity index (χ1n) is 8.28. The van der Waals surface area contributed by atoms with Gasteiger partial charge in [0.25, 0.3) is 5.91 Å². The fourth-order valence-corrected chi connectivity index (χ4v) is 2.98. The van der Waals surface area contributed by atoms with Crippen LogP contribution in [-0.2, 0) is 19.4 Å². The van der Waals surface area contributed by atoms with Gasteiger partial charge in [-0.15, -0.1) is 10.2 Å². The van der Waals surface area contributed by atoms with Crippen LogP contribution in [0.2, 0.25) is 0 Å². The van der Waals surface area contributed by atoms with E-state index in [0.29, 0.717) is 18.5 Å². The third-order valence-corrected chi connectivity index (χ3v) is 4.42. The average molecular weight is 330 g/mol. The van der Waals surface area contributed by atoms with Crippen LogP contribution in [0.4, 0.5) is 0 Å². The van der Waals surface area contributed by atoms with Crippen LogP contribution in [0.5, 0.6) is 11.5 Å². The molecule has 0 fully saturated rings. The first-order valence-corrected chi connectivity index (χ1v) is 8.28. The second-order valence-electron chi connectivity index (χ2n) is 6.13. The molecule has 3 rings (SSSR count). The van der Waals surface area contributed by atoms with Crippen molar-refractivity contribution in [1.29, 1.82) is 0 Å². The lowest BCUT2D eigenvalue weighted by Crippen LogP contribution is -2.26. The van der Waals surface area contributed by atoms with E-state index >= 15 is 0 Å². The minimum Gasteiger partial charge on any atom is -0.504 e. The van der Waals surface area contributed by atoms with Gasteiger partial charge in [0.1, 0.15) is 11.6 Å². The Kier molecular flexibility index (Phi) is 4.69. The van der Waals surface area contributed by atoms with Crippen LogP contribution in [0, 0.1) is 6.92 Å². The molecule has 0 radical (unpaired) electrons. The summed E-state index contributed by atoms with van der Waals surface area (Å²) >= 11 is 0. The zero-order chi connectivity index (χ0) is 17.1. The lowest BCUT2D eigenvalue weighted by molar-refractivity contribution is 0.0950. The highest BCUT2D eigenvalue weighted by Gasteiger charge is 2.17. The second-order valence-corrected chi connectivity index (χ2v) is 6.13. The van der Waals surface area contributed by atoms with Gasteiger partial charge in [-0.2, -0.15) is 0 Å². The van der Waals surface area contributed by atoms with Crippen molar-refractivity contribution in [3.05, 3.63) is 34.9 Å². The van der Waals surface area contributed by atoms with Crippen molar-refractivity contribution in [3.63, 3.8) is 0 Å². The fourth-order valence-electron chi connectivity index (χ4n) is 2.98. The summed E-state index contributed by atoms with van der Waals surface area (Å²) in [6, 6.07) is 3.10.